The van der Waals surface area contributed by atoms with Crippen LogP contribution in [0.15, 0.2) is 0 Å². The van der Waals surface area contributed by atoms with Crippen LogP contribution in [0.1, 0.15) is 39.0 Å². The van der Waals surface area contributed by atoms with Crippen molar-refractivity contribution in [1.29, 1.82) is 0 Å². The van der Waals surface area contributed by atoms with Gasteiger partial charge >= 0.3 is 5.97 Å². The molecule has 0 radical (unpaired) electrons. The molecule has 0 aromatic rings. The summed E-state index contributed by atoms with van der Waals surface area (Å²) < 4.78 is 4.93. The summed E-state index contributed by atoms with van der Waals surface area (Å²) in [5.41, 5.74) is 5.61. The Morgan fingerprint density at radius 1 is 1.38 bits per heavy atom. The van der Waals surface area contributed by atoms with Gasteiger partial charge in [0.25, 0.3) is 0 Å². The van der Waals surface area contributed by atoms with Gasteiger partial charge in [0.1, 0.15) is 5.54 Å². The number of rotatable bonds is 4. The highest BCUT2D eigenvalue weighted by Crippen LogP contribution is 2.37. The molecule has 1 aliphatic carbocycles. The quantitative estimate of drug-likeness (QED) is 0.787. The van der Waals surface area contributed by atoms with Gasteiger partial charge in [-0.05, 0) is 65.2 Å². The van der Waals surface area contributed by atoms with Crippen molar-refractivity contribution in [3.63, 3.8) is 0 Å². The Kier molecular flexibility index (Phi) is 5.63. The minimum atomic E-state index is -0.749. The lowest BCUT2D eigenvalue weighted by Gasteiger charge is -2.32. The zero-order chi connectivity index (χ0) is 15.5. The van der Waals surface area contributed by atoms with Crippen molar-refractivity contribution in [2.24, 2.45) is 11.7 Å². The molecule has 1 saturated carbocycles. The van der Waals surface area contributed by atoms with E-state index in [0.717, 1.165) is 45.3 Å². The minimum absolute atomic E-state index is 0.228. The van der Waals surface area contributed by atoms with E-state index in [-0.39, 0.29) is 11.9 Å². The van der Waals surface area contributed by atoms with Gasteiger partial charge in [-0.3, -0.25) is 9.69 Å². The van der Waals surface area contributed by atoms with E-state index in [0.29, 0.717) is 6.04 Å². The van der Waals surface area contributed by atoms with Gasteiger partial charge in [-0.2, -0.15) is 0 Å². The molecule has 3 atom stereocenters. The molecule has 2 fully saturated rings. The molecule has 0 spiro atoms. The normalized spacial score (nSPS) is 35.6. The van der Waals surface area contributed by atoms with Crippen LogP contribution in [0.4, 0.5) is 0 Å². The summed E-state index contributed by atoms with van der Waals surface area (Å²) in [5.74, 6) is 0.0341. The first-order valence-corrected chi connectivity index (χ1v) is 8.27. The zero-order valence-corrected chi connectivity index (χ0v) is 13.8. The molecule has 0 amide bonds. The monoisotopic (exact) mass is 297 g/mol. The standard InChI is InChI=1S/C16H31N3O2/c1-13-12-18(2)9-5-10-19(13)11-7-14-6-4-8-16(14,17)15(20)21-3/h13-14H,4-12,17H2,1-3H3. The van der Waals surface area contributed by atoms with Gasteiger partial charge in [-0.25, -0.2) is 0 Å². The lowest BCUT2D eigenvalue weighted by Crippen LogP contribution is -2.52. The van der Waals surface area contributed by atoms with Crippen LogP contribution in [0.5, 0.6) is 0 Å². The Balaban J connectivity index is 1.91. The predicted molar refractivity (Wildman–Crippen MR) is 84.0 cm³/mol. The largest absolute Gasteiger partial charge is 0.468 e. The number of hydrogen-bond donors (Lipinski definition) is 1. The number of esters is 1. The molecule has 5 nitrogen and oxygen atoms in total. The van der Waals surface area contributed by atoms with E-state index >= 15 is 0 Å². The molecule has 122 valence electrons. The molecular weight excluding hydrogens is 266 g/mol. The van der Waals surface area contributed by atoms with Crippen molar-refractivity contribution in [3.8, 4) is 0 Å². The summed E-state index contributed by atoms with van der Waals surface area (Å²) in [4.78, 5) is 17.0. The molecule has 21 heavy (non-hydrogen) atoms. The van der Waals surface area contributed by atoms with Crippen molar-refractivity contribution in [2.45, 2.75) is 50.6 Å². The zero-order valence-electron chi connectivity index (χ0n) is 13.8. The van der Waals surface area contributed by atoms with E-state index < -0.39 is 5.54 Å². The summed E-state index contributed by atoms with van der Waals surface area (Å²) in [7, 11) is 3.64. The van der Waals surface area contributed by atoms with Crippen molar-refractivity contribution < 1.29 is 9.53 Å². The van der Waals surface area contributed by atoms with Crippen molar-refractivity contribution >= 4 is 5.97 Å². The first kappa shape index (κ1) is 16.7. The maximum atomic E-state index is 12.0. The fourth-order valence-electron chi connectivity index (χ4n) is 4.04. The van der Waals surface area contributed by atoms with E-state index in [9.17, 15) is 4.79 Å². The highest BCUT2D eigenvalue weighted by molar-refractivity contribution is 5.81. The Hall–Kier alpha value is -0.650. The SMILES string of the molecule is COC(=O)C1(N)CCCC1CCN1CCCN(C)CC1C. The Morgan fingerprint density at radius 2 is 2.14 bits per heavy atom. The molecule has 0 aromatic heterocycles. The van der Waals surface area contributed by atoms with Gasteiger partial charge in [-0.1, -0.05) is 6.42 Å². The van der Waals surface area contributed by atoms with Gasteiger partial charge in [-0.15, -0.1) is 0 Å². The van der Waals surface area contributed by atoms with Crippen LogP contribution < -0.4 is 5.73 Å². The van der Waals surface area contributed by atoms with Crippen LogP contribution in [0.25, 0.3) is 0 Å². The molecule has 2 N–H and O–H groups in total. The maximum Gasteiger partial charge on any atom is 0.326 e. The van der Waals surface area contributed by atoms with E-state index in [4.69, 9.17) is 10.5 Å². The number of methoxy groups -OCH3 is 1. The first-order chi connectivity index (χ1) is 9.97. The first-order valence-electron chi connectivity index (χ1n) is 8.27. The van der Waals surface area contributed by atoms with Gasteiger partial charge < -0.3 is 15.4 Å². The number of nitrogens with two attached hydrogens (primary N) is 1. The van der Waals surface area contributed by atoms with Crippen molar-refractivity contribution in [1.82, 2.24) is 9.80 Å². The molecule has 2 aliphatic rings. The number of carbonyl (C=O) groups is 1. The lowest BCUT2D eigenvalue weighted by atomic mass is 9.85. The number of ether oxygens (including phenoxy) is 1. The summed E-state index contributed by atoms with van der Waals surface area (Å²) >= 11 is 0. The summed E-state index contributed by atoms with van der Waals surface area (Å²) in [6, 6.07) is 0.573. The topological polar surface area (TPSA) is 58.8 Å². The molecular formula is C16H31N3O2. The van der Waals surface area contributed by atoms with Crippen LogP contribution in [0, 0.1) is 5.92 Å². The van der Waals surface area contributed by atoms with Crippen LogP contribution in [0.3, 0.4) is 0 Å². The van der Waals surface area contributed by atoms with Crippen LogP contribution in [-0.4, -0.2) is 67.7 Å². The third-order valence-electron chi connectivity index (χ3n) is 5.39. The molecule has 1 saturated heterocycles. The van der Waals surface area contributed by atoms with Gasteiger partial charge in [0, 0.05) is 12.6 Å². The predicted octanol–water partition coefficient (Wildman–Crippen LogP) is 1.07. The number of likely N-dealkylation sites (N-methyl/N-ethyl adjacent to an activating group) is 1. The highest BCUT2D eigenvalue weighted by atomic mass is 16.5. The summed E-state index contributed by atoms with van der Waals surface area (Å²) in [6.07, 6.45) is 5.07. The highest BCUT2D eigenvalue weighted by Gasteiger charge is 2.46. The second-order valence-electron chi connectivity index (χ2n) is 6.91. The fraction of sp³-hybridized carbons (Fsp3) is 0.938. The van der Waals surface area contributed by atoms with Crippen molar-refractivity contribution in [3.05, 3.63) is 0 Å². The average molecular weight is 297 g/mol. The lowest BCUT2D eigenvalue weighted by molar-refractivity contribution is -0.148. The maximum absolute atomic E-state index is 12.0. The second kappa shape index (κ2) is 7.07. The van der Waals surface area contributed by atoms with E-state index in [1.807, 2.05) is 0 Å². The van der Waals surface area contributed by atoms with Gasteiger partial charge in [0.2, 0.25) is 0 Å². The molecule has 3 unspecified atom stereocenters. The van der Waals surface area contributed by atoms with Gasteiger partial charge in [0.15, 0.2) is 0 Å². The fourth-order valence-corrected chi connectivity index (χ4v) is 4.04. The van der Waals surface area contributed by atoms with E-state index in [2.05, 4.69) is 23.8 Å². The Bertz CT molecular complexity index is 363. The number of carbonyl (C=O) groups excluding carboxylic acids is 1. The Labute approximate surface area is 128 Å². The average Bonchev–Trinajstić information content (AvgIpc) is 2.75. The van der Waals surface area contributed by atoms with Crippen molar-refractivity contribution in [2.75, 3.05) is 40.3 Å². The number of nitrogens with zero attached hydrogens (tertiary/aromatic N) is 2. The summed E-state index contributed by atoms with van der Waals surface area (Å²) in [5, 5.41) is 0. The molecule has 5 heteroatoms. The minimum Gasteiger partial charge on any atom is -0.468 e. The third kappa shape index (κ3) is 3.76. The van der Waals surface area contributed by atoms with Gasteiger partial charge in [0.05, 0.1) is 7.11 Å². The molecule has 0 bridgehead atoms. The molecule has 1 aliphatic heterocycles. The number of hydrogen-bond acceptors (Lipinski definition) is 5. The second-order valence-corrected chi connectivity index (χ2v) is 6.91. The molecule has 1 heterocycles. The van der Waals surface area contributed by atoms with Crippen LogP contribution >= 0.6 is 0 Å². The van der Waals surface area contributed by atoms with Crippen LogP contribution in [-0.2, 0) is 9.53 Å². The summed E-state index contributed by atoms with van der Waals surface area (Å²) in [6.45, 7) is 6.78. The van der Waals surface area contributed by atoms with E-state index in [1.54, 1.807) is 0 Å². The smallest absolute Gasteiger partial charge is 0.326 e. The molecule has 2 rings (SSSR count). The Morgan fingerprint density at radius 3 is 2.86 bits per heavy atom. The molecule has 0 aromatic carbocycles. The van der Waals surface area contributed by atoms with E-state index in [1.165, 1.54) is 20.1 Å². The van der Waals surface area contributed by atoms with Crippen LogP contribution in [0.2, 0.25) is 0 Å². The third-order valence-corrected chi connectivity index (χ3v) is 5.39.